The van der Waals surface area contributed by atoms with E-state index in [9.17, 15) is 0 Å². The molecule has 0 spiro atoms. The maximum atomic E-state index is 6.70. The summed E-state index contributed by atoms with van der Waals surface area (Å²) in [6.07, 6.45) is 0. The first-order valence-electron chi connectivity index (χ1n) is 19.8. The molecule has 12 rings (SSSR count). The SMILES string of the molecule is c1ccc(-c2ccc3c(c2)oc2cc(N(c4ccc5c6c7ccccc7n(-c7ccccc7)c6n(-c6ccccc6)c5c4)c4cccc5ccccc45)ccc23)cc1. The molecule has 0 saturated carbocycles. The highest BCUT2D eigenvalue weighted by Gasteiger charge is 2.24. The number of nitrogens with zero attached hydrogens (tertiary/aromatic N) is 3. The van der Waals surface area contributed by atoms with Gasteiger partial charge in [-0.05, 0) is 89.3 Å². The van der Waals surface area contributed by atoms with Crippen LogP contribution in [0.1, 0.15) is 0 Å². The third kappa shape index (κ3) is 4.95. The van der Waals surface area contributed by atoms with Crippen LogP contribution in [-0.4, -0.2) is 9.13 Å². The molecule has 0 aliphatic rings. The van der Waals surface area contributed by atoms with E-state index in [-0.39, 0.29) is 0 Å². The molecule has 3 aromatic heterocycles. The molecule has 0 unspecified atom stereocenters. The van der Waals surface area contributed by atoms with Crippen molar-refractivity contribution >= 4 is 82.6 Å². The average molecular weight is 742 g/mol. The molecule has 4 nitrogen and oxygen atoms in total. The van der Waals surface area contributed by atoms with Gasteiger partial charge in [0.15, 0.2) is 0 Å². The third-order valence-electron chi connectivity index (χ3n) is 11.7. The standard InChI is InChI=1S/C54H35N3O/c1-4-15-36(16-5-1)38-27-30-44-45-31-28-42(35-52(45)58-51(44)33-38)55(48-26-14-18-37-17-10-11-23-43(37)48)41-29-32-47-50(34-41)57(40-21-8-3-9-22-40)54-53(47)46-24-12-13-25-49(46)56(54)39-19-6-2-7-20-39/h1-35H. The molecule has 0 atom stereocenters. The van der Waals surface area contributed by atoms with Crippen molar-refractivity contribution in [3.63, 3.8) is 0 Å². The Bertz CT molecular complexity index is 3500. The number of fused-ring (bicyclic) bond motifs is 9. The molecular weight excluding hydrogens is 707 g/mol. The van der Waals surface area contributed by atoms with Crippen LogP contribution in [0.25, 0.3) is 88.1 Å². The molecule has 272 valence electrons. The first-order chi connectivity index (χ1) is 28.8. The van der Waals surface area contributed by atoms with Gasteiger partial charge in [-0.25, -0.2) is 0 Å². The second kappa shape index (κ2) is 12.9. The van der Waals surface area contributed by atoms with E-state index >= 15 is 0 Å². The van der Waals surface area contributed by atoms with Crippen LogP contribution in [0.2, 0.25) is 0 Å². The highest BCUT2D eigenvalue weighted by Crippen LogP contribution is 2.46. The van der Waals surface area contributed by atoms with Crippen LogP contribution in [0.15, 0.2) is 217 Å². The number of hydrogen-bond acceptors (Lipinski definition) is 2. The van der Waals surface area contributed by atoms with Crippen LogP contribution in [0.5, 0.6) is 0 Å². The fourth-order valence-corrected chi connectivity index (χ4v) is 9.10. The van der Waals surface area contributed by atoms with E-state index in [0.717, 1.165) is 67.1 Å². The lowest BCUT2D eigenvalue weighted by Crippen LogP contribution is -2.10. The summed E-state index contributed by atoms with van der Waals surface area (Å²) in [5.41, 5.74) is 12.9. The molecule has 0 radical (unpaired) electrons. The monoisotopic (exact) mass is 741 g/mol. The second-order valence-electron chi connectivity index (χ2n) is 15.0. The Hall–Kier alpha value is -7.82. The molecule has 4 heteroatoms. The van der Waals surface area contributed by atoms with Crippen molar-refractivity contribution in [3.05, 3.63) is 212 Å². The zero-order chi connectivity index (χ0) is 38.2. The maximum absolute atomic E-state index is 6.70. The average Bonchev–Trinajstić information content (AvgIpc) is 3.94. The van der Waals surface area contributed by atoms with Gasteiger partial charge in [0.2, 0.25) is 0 Å². The summed E-state index contributed by atoms with van der Waals surface area (Å²) in [6, 6.07) is 76.1. The summed E-state index contributed by atoms with van der Waals surface area (Å²) in [7, 11) is 0. The van der Waals surface area contributed by atoms with E-state index in [2.05, 4.69) is 220 Å². The van der Waals surface area contributed by atoms with E-state index in [0.29, 0.717) is 0 Å². The van der Waals surface area contributed by atoms with Crippen molar-refractivity contribution in [1.29, 1.82) is 0 Å². The Morgan fingerprint density at radius 1 is 0.362 bits per heavy atom. The van der Waals surface area contributed by atoms with Crippen LogP contribution < -0.4 is 4.90 Å². The van der Waals surface area contributed by atoms with Crippen molar-refractivity contribution < 1.29 is 4.42 Å². The van der Waals surface area contributed by atoms with Gasteiger partial charge in [0.1, 0.15) is 16.8 Å². The number of hydrogen-bond donors (Lipinski definition) is 0. The first-order valence-corrected chi connectivity index (χ1v) is 19.8. The van der Waals surface area contributed by atoms with E-state index in [4.69, 9.17) is 4.42 Å². The van der Waals surface area contributed by atoms with Gasteiger partial charge in [-0.2, -0.15) is 0 Å². The molecule has 58 heavy (non-hydrogen) atoms. The Morgan fingerprint density at radius 2 is 0.914 bits per heavy atom. The minimum atomic E-state index is 0.853. The number of furan rings is 1. The predicted molar refractivity (Wildman–Crippen MR) is 243 cm³/mol. The molecule has 0 saturated heterocycles. The molecule has 0 aliphatic heterocycles. The zero-order valence-corrected chi connectivity index (χ0v) is 31.5. The molecule has 0 bridgehead atoms. The van der Waals surface area contributed by atoms with Crippen molar-refractivity contribution in [2.75, 3.05) is 4.90 Å². The van der Waals surface area contributed by atoms with E-state index in [1.54, 1.807) is 0 Å². The molecule has 0 amide bonds. The summed E-state index contributed by atoms with van der Waals surface area (Å²) in [4.78, 5) is 2.39. The van der Waals surface area contributed by atoms with Gasteiger partial charge in [0.05, 0.1) is 16.7 Å². The lowest BCUT2D eigenvalue weighted by molar-refractivity contribution is 0.669. The van der Waals surface area contributed by atoms with Gasteiger partial charge in [-0.15, -0.1) is 0 Å². The number of para-hydroxylation sites is 3. The van der Waals surface area contributed by atoms with Crippen LogP contribution in [-0.2, 0) is 0 Å². The predicted octanol–water partition coefficient (Wildman–Crippen LogP) is 14.9. The summed E-state index contributed by atoms with van der Waals surface area (Å²) in [6.45, 7) is 0. The highest BCUT2D eigenvalue weighted by molar-refractivity contribution is 6.23. The zero-order valence-electron chi connectivity index (χ0n) is 31.5. The summed E-state index contributed by atoms with van der Waals surface area (Å²) >= 11 is 0. The normalized spacial score (nSPS) is 11.8. The summed E-state index contributed by atoms with van der Waals surface area (Å²) in [5, 5.41) is 8.23. The molecule has 3 heterocycles. The van der Waals surface area contributed by atoms with Crippen LogP contribution in [0.4, 0.5) is 17.1 Å². The van der Waals surface area contributed by atoms with Gasteiger partial charge in [0, 0.05) is 61.1 Å². The molecule has 9 aromatic carbocycles. The minimum Gasteiger partial charge on any atom is -0.456 e. The first kappa shape index (κ1) is 32.4. The Kier molecular flexibility index (Phi) is 7.20. The smallest absolute Gasteiger partial charge is 0.137 e. The van der Waals surface area contributed by atoms with Crippen LogP contribution in [0, 0.1) is 0 Å². The number of rotatable bonds is 6. The fraction of sp³-hybridized carbons (Fsp3) is 0. The van der Waals surface area contributed by atoms with Gasteiger partial charge in [0.25, 0.3) is 0 Å². The Balaban J connectivity index is 1.13. The third-order valence-corrected chi connectivity index (χ3v) is 11.7. The van der Waals surface area contributed by atoms with Gasteiger partial charge in [-0.1, -0.05) is 133 Å². The number of benzene rings is 9. The molecule has 0 fully saturated rings. The summed E-state index contributed by atoms with van der Waals surface area (Å²) < 4.78 is 11.6. The van der Waals surface area contributed by atoms with Gasteiger partial charge < -0.3 is 9.32 Å². The Labute approximate surface area is 334 Å². The highest BCUT2D eigenvalue weighted by atomic mass is 16.3. The molecule has 12 aromatic rings. The lowest BCUT2D eigenvalue weighted by Gasteiger charge is -2.27. The molecular formula is C54H35N3O. The van der Waals surface area contributed by atoms with E-state index in [1.165, 1.54) is 38.0 Å². The topological polar surface area (TPSA) is 26.2 Å². The van der Waals surface area contributed by atoms with Crippen LogP contribution >= 0.6 is 0 Å². The molecule has 0 aliphatic carbocycles. The molecule has 0 N–H and O–H groups in total. The quantitative estimate of drug-likeness (QED) is 0.170. The van der Waals surface area contributed by atoms with Crippen molar-refractivity contribution in [2.45, 2.75) is 0 Å². The summed E-state index contributed by atoms with van der Waals surface area (Å²) in [5.74, 6) is 0. The van der Waals surface area contributed by atoms with Crippen molar-refractivity contribution in [1.82, 2.24) is 9.13 Å². The number of anilines is 3. The maximum Gasteiger partial charge on any atom is 0.137 e. The van der Waals surface area contributed by atoms with Gasteiger partial charge >= 0.3 is 0 Å². The largest absolute Gasteiger partial charge is 0.456 e. The second-order valence-corrected chi connectivity index (χ2v) is 15.0. The Morgan fingerprint density at radius 3 is 1.67 bits per heavy atom. The van der Waals surface area contributed by atoms with Crippen molar-refractivity contribution in [3.8, 4) is 22.5 Å². The fourth-order valence-electron chi connectivity index (χ4n) is 9.10. The lowest BCUT2D eigenvalue weighted by atomic mass is 10.0. The van der Waals surface area contributed by atoms with Crippen molar-refractivity contribution in [2.24, 2.45) is 0 Å². The minimum absolute atomic E-state index is 0.853. The van der Waals surface area contributed by atoms with Gasteiger partial charge in [-0.3, -0.25) is 9.13 Å². The number of aromatic nitrogens is 2. The van der Waals surface area contributed by atoms with Crippen LogP contribution in [0.3, 0.4) is 0 Å². The van der Waals surface area contributed by atoms with E-state index < -0.39 is 0 Å². The van der Waals surface area contributed by atoms with E-state index in [1.807, 2.05) is 6.07 Å².